The van der Waals surface area contributed by atoms with Crippen molar-refractivity contribution >= 4 is 0 Å². The second-order valence-corrected chi connectivity index (χ2v) is 2.10. The second kappa shape index (κ2) is 5.48. The molecule has 0 aliphatic heterocycles. The van der Waals surface area contributed by atoms with Gasteiger partial charge in [0.25, 0.3) is 0 Å². The van der Waals surface area contributed by atoms with E-state index < -0.39 is 0 Å². The maximum atomic E-state index is 3.19. The SMILES string of the molecule is CCC(C)N/C=C\NC. The zero-order valence-corrected chi connectivity index (χ0v) is 6.44. The van der Waals surface area contributed by atoms with Gasteiger partial charge in [0.2, 0.25) is 0 Å². The first-order chi connectivity index (χ1) is 4.31. The predicted molar refractivity (Wildman–Crippen MR) is 41.1 cm³/mol. The molecule has 0 heterocycles. The van der Waals surface area contributed by atoms with Crippen molar-refractivity contribution in [3.63, 3.8) is 0 Å². The van der Waals surface area contributed by atoms with E-state index in [9.17, 15) is 0 Å². The van der Waals surface area contributed by atoms with Crippen molar-refractivity contribution in [1.29, 1.82) is 0 Å². The lowest BCUT2D eigenvalue weighted by Gasteiger charge is -2.06. The number of rotatable bonds is 4. The third-order valence-corrected chi connectivity index (χ3v) is 1.24. The summed E-state index contributed by atoms with van der Waals surface area (Å²) in [4.78, 5) is 0. The summed E-state index contributed by atoms with van der Waals surface area (Å²) in [6, 6.07) is 0.578. The molecule has 0 spiro atoms. The molecular weight excluding hydrogens is 112 g/mol. The molecule has 2 N–H and O–H groups in total. The molecule has 0 bridgehead atoms. The Labute approximate surface area is 57.3 Å². The van der Waals surface area contributed by atoms with Crippen LogP contribution in [0.1, 0.15) is 20.3 Å². The maximum Gasteiger partial charge on any atom is 0.0225 e. The zero-order valence-electron chi connectivity index (χ0n) is 6.44. The molecule has 1 atom stereocenters. The summed E-state index contributed by atoms with van der Waals surface area (Å²) in [5.41, 5.74) is 0. The van der Waals surface area contributed by atoms with Crippen molar-refractivity contribution in [2.24, 2.45) is 0 Å². The van der Waals surface area contributed by atoms with Crippen molar-refractivity contribution in [1.82, 2.24) is 10.6 Å². The van der Waals surface area contributed by atoms with E-state index in [0.29, 0.717) is 6.04 Å². The minimum absolute atomic E-state index is 0.578. The van der Waals surface area contributed by atoms with Crippen LogP contribution in [-0.4, -0.2) is 13.1 Å². The monoisotopic (exact) mass is 128 g/mol. The van der Waals surface area contributed by atoms with Gasteiger partial charge in [-0.3, -0.25) is 0 Å². The third kappa shape index (κ3) is 5.21. The van der Waals surface area contributed by atoms with Crippen molar-refractivity contribution in [3.05, 3.63) is 12.4 Å². The van der Waals surface area contributed by atoms with Crippen molar-refractivity contribution in [2.45, 2.75) is 26.3 Å². The van der Waals surface area contributed by atoms with Crippen molar-refractivity contribution in [2.75, 3.05) is 7.05 Å². The molecule has 2 nitrogen and oxygen atoms in total. The lowest BCUT2D eigenvalue weighted by molar-refractivity contribution is 0.617. The minimum atomic E-state index is 0.578. The maximum absolute atomic E-state index is 3.19. The predicted octanol–water partition coefficient (Wildman–Crippen LogP) is 1.07. The highest BCUT2D eigenvalue weighted by Crippen LogP contribution is 1.85. The van der Waals surface area contributed by atoms with E-state index in [1.165, 1.54) is 0 Å². The zero-order chi connectivity index (χ0) is 7.11. The van der Waals surface area contributed by atoms with Gasteiger partial charge in [-0.25, -0.2) is 0 Å². The summed E-state index contributed by atoms with van der Waals surface area (Å²) in [5.74, 6) is 0. The van der Waals surface area contributed by atoms with Gasteiger partial charge in [0.1, 0.15) is 0 Å². The fourth-order valence-corrected chi connectivity index (χ4v) is 0.414. The standard InChI is InChI=1S/C7H16N2/c1-4-7(2)9-6-5-8-3/h5-9H,4H2,1-3H3/b6-5-. The number of hydrogen-bond acceptors (Lipinski definition) is 2. The largest absolute Gasteiger partial charge is 0.393 e. The highest BCUT2D eigenvalue weighted by atomic mass is 14.9. The Morgan fingerprint density at radius 1 is 1.44 bits per heavy atom. The minimum Gasteiger partial charge on any atom is -0.393 e. The molecule has 0 amide bonds. The third-order valence-electron chi connectivity index (χ3n) is 1.24. The van der Waals surface area contributed by atoms with Gasteiger partial charge in [0.05, 0.1) is 0 Å². The van der Waals surface area contributed by atoms with Crippen LogP contribution in [0.2, 0.25) is 0 Å². The summed E-state index contributed by atoms with van der Waals surface area (Å²) < 4.78 is 0. The fourth-order valence-electron chi connectivity index (χ4n) is 0.414. The van der Waals surface area contributed by atoms with Crippen LogP contribution in [0.4, 0.5) is 0 Å². The molecule has 1 unspecified atom stereocenters. The van der Waals surface area contributed by atoms with E-state index in [2.05, 4.69) is 24.5 Å². The van der Waals surface area contributed by atoms with Crippen LogP contribution in [-0.2, 0) is 0 Å². The molecule has 2 heteroatoms. The first kappa shape index (κ1) is 8.34. The fraction of sp³-hybridized carbons (Fsp3) is 0.714. The first-order valence-electron chi connectivity index (χ1n) is 3.39. The molecule has 0 aromatic carbocycles. The average molecular weight is 128 g/mol. The molecule has 9 heavy (non-hydrogen) atoms. The smallest absolute Gasteiger partial charge is 0.0225 e. The van der Waals surface area contributed by atoms with Gasteiger partial charge >= 0.3 is 0 Å². The summed E-state index contributed by atoms with van der Waals surface area (Å²) in [6.07, 6.45) is 4.97. The topological polar surface area (TPSA) is 24.1 Å². The summed E-state index contributed by atoms with van der Waals surface area (Å²) in [5, 5.41) is 6.09. The molecule has 0 aromatic rings. The summed E-state index contributed by atoms with van der Waals surface area (Å²) in [7, 11) is 1.88. The Morgan fingerprint density at radius 3 is 2.56 bits per heavy atom. The van der Waals surface area contributed by atoms with Gasteiger partial charge in [-0.15, -0.1) is 0 Å². The lowest BCUT2D eigenvalue weighted by atomic mass is 10.3. The van der Waals surface area contributed by atoms with Crippen LogP contribution in [0, 0.1) is 0 Å². The molecule has 54 valence electrons. The van der Waals surface area contributed by atoms with Gasteiger partial charge < -0.3 is 10.6 Å². The van der Waals surface area contributed by atoms with Crippen LogP contribution < -0.4 is 10.6 Å². The Morgan fingerprint density at radius 2 is 2.11 bits per heavy atom. The Kier molecular flexibility index (Phi) is 5.07. The molecule has 0 aromatic heterocycles. The van der Waals surface area contributed by atoms with E-state index in [0.717, 1.165) is 6.42 Å². The molecule has 0 aliphatic carbocycles. The average Bonchev–Trinajstić information content (AvgIpc) is 1.89. The van der Waals surface area contributed by atoms with E-state index in [-0.39, 0.29) is 0 Å². The molecule has 0 radical (unpaired) electrons. The van der Waals surface area contributed by atoms with Gasteiger partial charge in [0, 0.05) is 25.5 Å². The highest BCUT2D eigenvalue weighted by Gasteiger charge is 1.89. The second-order valence-electron chi connectivity index (χ2n) is 2.10. The molecule has 0 fully saturated rings. The van der Waals surface area contributed by atoms with Gasteiger partial charge in [-0.1, -0.05) is 6.92 Å². The van der Waals surface area contributed by atoms with Gasteiger partial charge in [0.15, 0.2) is 0 Å². The van der Waals surface area contributed by atoms with Crippen molar-refractivity contribution in [3.8, 4) is 0 Å². The summed E-state index contributed by atoms with van der Waals surface area (Å²) >= 11 is 0. The molecule has 0 aliphatic rings. The molecule has 0 saturated heterocycles. The van der Waals surface area contributed by atoms with E-state index in [4.69, 9.17) is 0 Å². The Hall–Kier alpha value is -0.660. The van der Waals surface area contributed by atoms with Crippen LogP contribution in [0.25, 0.3) is 0 Å². The van der Waals surface area contributed by atoms with E-state index in [1.807, 2.05) is 19.4 Å². The normalized spacial score (nSPS) is 13.7. The molecule has 0 rings (SSSR count). The van der Waals surface area contributed by atoms with E-state index in [1.54, 1.807) is 0 Å². The van der Waals surface area contributed by atoms with Crippen LogP contribution in [0.15, 0.2) is 12.4 Å². The summed E-state index contributed by atoms with van der Waals surface area (Å²) in [6.45, 7) is 4.31. The van der Waals surface area contributed by atoms with Crippen molar-refractivity contribution < 1.29 is 0 Å². The first-order valence-corrected chi connectivity index (χ1v) is 3.39. The van der Waals surface area contributed by atoms with Crippen LogP contribution in [0.3, 0.4) is 0 Å². The number of hydrogen-bond donors (Lipinski definition) is 2. The van der Waals surface area contributed by atoms with Crippen LogP contribution in [0.5, 0.6) is 0 Å². The Bertz CT molecular complexity index is 79.0. The Balaban J connectivity index is 3.15. The van der Waals surface area contributed by atoms with Crippen LogP contribution >= 0.6 is 0 Å². The molecular formula is C7H16N2. The van der Waals surface area contributed by atoms with Gasteiger partial charge in [-0.2, -0.15) is 0 Å². The van der Waals surface area contributed by atoms with E-state index >= 15 is 0 Å². The highest BCUT2D eigenvalue weighted by molar-refractivity contribution is 4.77. The quantitative estimate of drug-likeness (QED) is 0.591. The molecule has 0 saturated carbocycles. The lowest BCUT2D eigenvalue weighted by Crippen LogP contribution is -2.19. The number of nitrogens with one attached hydrogen (secondary N) is 2. The van der Waals surface area contributed by atoms with Gasteiger partial charge in [-0.05, 0) is 13.3 Å².